The SMILES string of the molecule is Cc1cc(C)cc(NC(=O)c2cncc(-c3ccc(F)nc3)c2N2CCC(N)CC2)c1. The van der Waals surface area contributed by atoms with E-state index in [0.717, 1.165) is 54.0 Å². The molecule has 4 rings (SSSR count). The number of anilines is 2. The molecule has 0 spiro atoms. The average molecular weight is 420 g/mol. The van der Waals surface area contributed by atoms with E-state index < -0.39 is 5.95 Å². The van der Waals surface area contributed by atoms with Crippen LogP contribution in [-0.2, 0) is 0 Å². The fraction of sp³-hybridized carbons (Fsp3) is 0.292. The van der Waals surface area contributed by atoms with Gasteiger partial charge in [0.25, 0.3) is 5.91 Å². The van der Waals surface area contributed by atoms with Gasteiger partial charge in [0.05, 0.1) is 11.3 Å². The summed E-state index contributed by atoms with van der Waals surface area (Å²) in [4.78, 5) is 23.6. The Labute approximate surface area is 181 Å². The molecule has 2 aromatic heterocycles. The molecule has 0 saturated carbocycles. The van der Waals surface area contributed by atoms with Crippen molar-refractivity contribution < 1.29 is 9.18 Å². The first-order chi connectivity index (χ1) is 14.9. The Balaban J connectivity index is 1.76. The third-order valence-corrected chi connectivity index (χ3v) is 5.54. The van der Waals surface area contributed by atoms with Gasteiger partial charge in [-0.05, 0) is 62.1 Å². The Hall–Kier alpha value is -3.32. The highest BCUT2D eigenvalue weighted by molar-refractivity contribution is 6.10. The molecule has 7 heteroatoms. The lowest BCUT2D eigenvalue weighted by molar-refractivity contribution is 0.102. The zero-order valence-corrected chi connectivity index (χ0v) is 17.7. The Kier molecular flexibility index (Phi) is 5.95. The van der Waals surface area contributed by atoms with Gasteiger partial charge in [-0.1, -0.05) is 6.07 Å². The van der Waals surface area contributed by atoms with Crippen molar-refractivity contribution >= 4 is 17.3 Å². The van der Waals surface area contributed by atoms with E-state index >= 15 is 0 Å². The summed E-state index contributed by atoms with van der Waals surface area (Å²) in [6.07, 6.45) is 6.43. The first-order valence-electron chi connectivity index (χ1n) is 10.4. The number of aryl methyl sites for hydroxylation is 2. The van der Waals surface area contributed by atoms with Crippen molar-refractivity contribution in [1.82, 2.24) is 9.97 Å². The van der Waals surface area contributed by atoms with Gasteiger partial charge in [0.15, 0.2) is 0 Å². The van der Waals surface area contributed by atoms with Crippen LogP contribution in [0.1, 0.15) is 34.3 Å². The number of piperidine rings is 1. The summed E-state index contributed by atoms with van der Waals surface area (Å²) in [7, 11) is 0. The molecule has 1 fully saturated rings. The zero-order valence-electron chi connectivity index (χ0n) is 17.7. The average Bonchev–Trinajstić information content (AvgIpc) is 2.74. The molecule has 1 aromatic carbocycles. The van der Waals surface area contributed by atoms with Crippen molar-refractivity contribution in [3.8, 4) is 11.1 Å². The summed E-state index contributed by atoms with van der Waals surface area (Å²) in [6.45, 7) is 5.46. The zero-order chi connectivity index (χ0) is 22.0. The molecule has 3 N–H and O–H groups in total. The second kappa shape index (κ2) is 8.81. The molecular formula is C24H26FN5O. The number of carbonyl (C=O) groups is 1. The molecule has 6 nitrogen and oxygen atoms in total. The maximum absolute atomic E-state index is 13.4. The highest BCUT2D eigenvalue weighted by Gasteiger charge is 2.25. The van der Waals surface area contributed by atoms with Gasteiger partial charge < -0.3 is 16.0 Å². The summed E-state index contributed by atoms with van der Waals surface area (Å²) in [5.41, 5.74) is 11.7. The lowest BCUT2D eigenvalue weighted by Crippen LogP contribution is -2.40. The van der Waals surface area contributed by atoms with E-state index in [1.54, 1.807) is 18.5 Å². The maximum Gasteiger partial charge on any atom is 0.259 e. The standard InChI is InChI=1S/C24H26FN5O/c1-15-9-16(2)11-19(10-15)29-24(31)21-14-27-13-20(17-3-4-22(25)28-12-17)23(21)30-7-5-18(26)6-8-30/h3-4,9-14,18H,5-8,26H2,1-2H3,(H,29,31). The number of hydrogen-bond donors (Lipinski definition) is 2. The molecule has 31 heavy (non-hydrogen) atoms. The normalized spacial score (nSPS) is 14.5. The van der Waals surface area contributed by atoms with Gasteiger partial charge in [0.1, 0.15) is 0 Å². The van der Waals surface area contributed by atoms with Crippen molar-refractivity contribution in [2.75, 3.05) is 23.3 Å². The number of benzene rings is 1. The second-order valence-electron chi connectivity index (χ2n) is 8.11. The van der Waals surface area contributed by atoms with Gasteiger partial charge in [-0.15, -0.1) is 0 Å². The van der Waals surface area contributed by atoms with E-state index in [1.807, 2.05) is 26.0 Å². The minimum absolute atomic E-state index is 0.154. The van der Waals surface area contributed by atoms with Gasteiger partial charge >= 0.3 is 0 Å². The van der Waals surface area contributed by atoms with Gasteiger partial charge in [0, 0.05) is 54.5 Å². The Bertz CT molecular complexity index is 1070. The van der Waals surface area contributed by atoms with Gasteiger partial charge in [0.2, 0.25) is 5.95 Å². The molecule has 3 aromatic rings. The largest absolute Gasteiger partial charge is 0.370 e. The number of carbonyl (C=O) groups excluding carboxylic acids is 1. The summed E-state index contributed by atoms with van der Waals surface area (Å²) in [5, 5.41) is 3.01. The predicted molar refractivity (Wildman–Crippen MR) is 121 cm³/mol. The van der Waals surface area contributed by atoms with Crippen LogP contribution in [0.5, 0.6) is 0 Å². The Morgan fingerprint density at radius 3 is 2.45 bits per heavy atom. The lowest BCUT2D eigenvalue weighted by atomic mass is 9.99. The third-order valence-electron chi connectivity index (χ3n) is 5.54. The molecule has 3 heterocycles. The number of rotatable bonds is 4. The van der Waals surface area contributed by atoms with Crippen molar-refractivity contribution in [1.29, 1.82) is 0 Å². The molecular weight excluding hydrogens is 393 g/mol. The number of nitrogens with two attached hydrogens (primary N) is 1. The van der Waals surface area contributed by atoms with Gasteiger partial charge in [-0.2, -0.15) is 4.39 Å². The molecule has 160 valence electrons. The second-order valence-corrected chi connectivity index (χ2v) is 8.11. The molecule has 0 radical (unpaired) electrons. The summed E-state index contributed by atoms with van der Waals surface area (Å²) < 4.78 is 13.4. The van der Waals surface area contributed by atoms with Crippen LogP contribution in [0.2, 0.25) is 0 Å². The molecule has 0 aliphatic carbocycles. The van der Waals surface area contributed by atoms with Crippen LogP contribution in [0.25, 0.3) is 11.1 Å². The molecule has 1 aliphatic heterocycles. The number of hydrogen-bond acceptors (Lipinski definition) is 5. The van der Waals surface area contributed by atoms with Crippen LogP contribution in [0.3, 0.4) is 0 Å². The topological polar surface area (TPSA) is 84.1 Å². The number of halogens is 1. The lowest BCUT2D eigenvalue weighted by Gasteiger charge is -2.34. The summed E-state index contributed by atoms with van der Waals surface area (Å²) >= 11 is 0. The van der Waals surface area contributed by atoms with Crippen LogP contribution in [0.4, 0.5) is 15.8 Å². The summed E-state index contributed by atoms with van der Waals surface area (Å²) in [6, 6.07) is 9.05. The Morgan fingerprint density at radius 2 is 1.81 bits per heavy atom. The molecule has 0 atom stereocenters. The van der Waals surface area contributed by atoms with E-state index in [1.165, 1.54) is 12.3 Å². The Morgan fingerprint density at radius 1 is 1.10 bits per heavy atom. The number of amides is 1. The predicted octanol–water partition coefficient (Wildman–Crippen LogP) is 4.08. The first-order valence-corrected chi connectivity index (χ1v) is 10.4. The summed E-state index contributed by atoms with van der Waals surface area (Å²) in [5.74, 6) is -0.787. The quantitative estimate of drug-likeness (QED) is 0.623. The van der Waals surface area contributed by atoms with Gasteiger partial charge in [-0.25, -0.2) is 4.98 Å². The minimum atomic E-state index is -0.550. The minimum Gasteiger partial charge on any atom is -0.370 e. The van der Waals surface area contributed by atoms with E-state index in [-0.39, 0.29) is 11.9 Å². The molecule has 0 unspecified atom stereocenters. The number of nitrogens with one attached hydrogen (secondary N) is 1. The number of aromatic nitrogens is 2. The smallest absolute Gasteiger partial charge is 0.259 e. The third kappa shape index (κ3) is 4.72. The van der Waals surface area contributed by atoms with Crippen LogP contribution in [-0.4, -0.2) is 35.0 Å². The highest BCUT2D eigenvalue weighted by atomic mass is 19.1. The fourth-order valence-corrected chi connectivity index (χ4v) is 4.08. The van der Waals surface area contributed by atoms with Gasteiger partial charge in [-0.3, -0.25) is 9.78 Å². The molecule has 1 saturated heterocycles. The fourth-order valence-electron chi connectivity index (χ4n) is 4.08. The number of nitrogens with zero attached hydrogens (tertiary/aromatic N) is 3. The van der Waals surface area contributed by atoms with E-state index in [2.05, 4.69) is 26.3 Å². The first kappa shape index (κ1) is 20.9. The molecule has 0 bridgehead atoms. The van der Waals surface area contributed by atoms with Crippen molar-refractivity contribution in [2.24, 2.45) is 5.73 Å². The molecule has 1 aliphatic rings. The maximum atomic E-state index is 13.4. The van der Waals surface area contributed by atoms with Crippen molar-refractivity contribution in [3.63, 3.8) is 0 Å². The number of pyridine rings is 2. The van der Waals surface area contributed by atoms with Crippen LogP contribution in [0.15, 0.2) is 48.9 Å². The highest BCUT2D eigenvalue weighted by Crippen LogP contribution is 2.35. The van der Waals surface area contributed by atoms with Crippen LogP contribution >= 0.6 is 0 Å². The van der Waals surface area contributed by atoms with E-state index in [9.17, 15) is 9.18 Å². The van der Waals surface area contributed by atoms with Crippen molar-refractivity contribution in [3.05, 3.63) is 71.6 Å². The van der Waals surface area contributed by atoms with E-state index in [0.29, 0.717) is 11.1 Å². The monoisotopic (exact) mass is 419 g/mol. The van der Waals surface area contributed by atoms with Crippen LogP contribution < -0.4 is 16.0 Å². The van der Waals surface area contributed by atoms with Crippen LogP contribution in [0, 0.1) is 19.8 Å². The van der Waals surface area contributed by atoms with E-state index in [4.69, 9.17) is 5.73 Å². The van der Waals surface area contributed by atoms with Crippen molar-refractivity contribution in [2.45, 2.75) is 32.7 Å². The molecule has 1 amide bonds.